The molecule has 1 aliphatic rings. The zero-order valence-corrected chi connectivity index (χ0v) is 8.17. The predicted molar refractivity (Wildman–Crippen MR) is 48.5 cm³/mol. The zero-order chi connectivity index (χ0) is 8.43. The van der Waals surface area contributed by atoms with Crippen LogP contribution in [0.5, 0.6) is 0 Å². The summed E-state index contributed by atoms with van der Waals surface area (Å²) >= 11 is 0. The highest BCUT2D eigenvalue weighted by molar-refractivity contribution is 4.78. The van der Waals surface area contributed by atoms with E-state index in [4.69, 9.17) is 0 Å². The first-order valence-electron chi connectivity index (χ1n) is 4.57. The maximum absolute atomic E-state index is 2.49. The minimum Gasteiger partial charge on any atom is -0.291 e. The van der Waals surface area contributed by atoms with Crippen molar-refractivity contribution in [3.8, 4) is 0 Å². The van der Waals surface area contributed by atoms with Crippen LogP contribution in [0.15, 0.2) is 0 Å². The Hall–Kier alpha value is -0.0800. The molecule has 0 aromatic heterocycles. The molecule has 0 aromatic rings. The third-order valence-corrected chi connectivity index (χ3v) is 2.94. The van der Waals surface area contributed by atoms with E-state index in [9.17, 15) is 0 Å². The Kier molecular flexibility index (Phi) is 2.90. The summed E-state index contributed by atoms with van der Waals surface area (Å²) in [6, 6.07) is 0.748. The number of rotatable bonds is 1. The first-order chi connectivity index (χ1) is 5.15. The van der Waals surface area contributed by atoms with Gasteiger partial charge in [0.1, 0.15) is 0 Å². The Balaban J connectivity index is 2.47. The van der Waals surface area contributed by atoms with Crippen LogP contribution in [0.4, 0.5) is 0 Å². The van der Waals surface area contributed by atoms with Gasteiger partial charge in [0.2, 0.25) is 0 Å². The molecule has 0 bridgehead atoms. The summed E-state index contributed by atoms with van der Waals surface area (Å²) in [4.78, 5) is 4.92. The van der Waals surface area contributed by atoms with Crippen LogP contribution in [0, 0.1) is 5.92 Å². The first kappa shape index (κ1) is 9.01. The van der Waals surface area contributed by atoms with E-state index < -0.39 is 0 Å². The lowest BCUT2D eigenvalue weighted by molar-refractivity contribution is 0.0330. The largest absolute Gasteiger partial charge is 0.291 e. The maximum Gasteiger partial charge on any atom is 0.0506 e. The van der Waals surface area contributed by atoms with Gasteiger partial charge in [-0.05, 0) is 26.4 Å². The van der Waals surface area contributed by atoms with Gasteiger partial charge in [0.25, 0.3) is 0 Å². The monoisotopic (exact) mass is 156 g/mol. The van der Waals surface area contributed by atoms with Crippen LogP contribution >= 0.6 is 0 Å². The molecule has 0 spiro atoms. The van der Waals surface area contributed by atoms with Crippen LogP contribution in [-0.2, 0) is 0 Å². The van der Waals surface area contributed by atoms with Gasteiger partial charge >= 0.3 is 0 Å². The van der Waals surface area contributed by atoms with Gasteiger partial charge in [0.15, 0.2) is 0 Å². The Bertz CT molecular complexity index is 113. The third-order valence-electron chi connectivity index (χ3n) is 2.94. The number of nitrogens with zero attached hydrogens (tertiary/aromatic N) is 2. The van der Waals surface area contributed by atoms with Crippen LogP contribution in [-0.4, -0.2) is 42.6 Å². The van der Waals surface area contributed by atoms with E-state index >= 15 is 0 Å². The standard InChI is InChI=1S/C9H20N2/c1-5-11-6-8(2)9(3)10(4)7-11/h8-9H,5-7H2,1-4H3. The van der Waals surface area contributed by atoms with Crippen molar-refractivity contribution in [3.05, 3.63) is 0 Å². The highest BCUT2D eigenvalue weighted by Crippen LogP contribution is 2.16. The molecular formula is C9H20N2. The molecule has 0 N–H and O–H groups in total. The average Bonchev–Trinajstić information content (AvgIpc) is 1.99. The topological polar surface area (TPSA) is 6.48 Å². The fourth-order valence-electron chi connectivity index (χ4n) is 1.73. The summed E-state index contributed by atoms with van der Waals surface area (Å²) in [6.45, 7) is 10.5. The molecular weight excluding hydrogens is 136 g/mol. The van der Waals surface area contributed by atoms with Crippen molar-refractivity contribution in [2.75, 3.05) is 26.8 Å². The Morgan fingerprint density at radius 3 is 2.45 bits per heavy atom. The lowest BCUT2D eigenvalue weighted by atomic mass is 10.00. The Morgan fingerprint density at radius 2 is 2.00 bits per heavy atom. The molecule has 1 fully saturated rings. The van der Waals surface area contributed by atoms with Crippen molar-refractivity contribution in [1.82, 2.24) is 9.80 Å². The van der Waals surface area contributed by atoms with E-state index in [2.05, 4.69) is 37.6 Å². The van der Waals surface area contributed by atoms with E-state index in [0.29, 0.717) is 0 Å². The van der Waals surface area contributed by atoms with Crippen LogP contribution in [0.25, 0.3) is 0 Å². The molecule has 0 amide bonds. The molecule has 0 saturated carbocycles. The molecule has 1 aliphatic heterocycles. The average molecular weight is 156 g/mol. The van der Waals surface area contributed by atoms with Crippen LogP contribution in [0.1, 0.15) is 20.8 Å². The highest BCUT2D eigenvalue weighted by atomic mass is 15.3. The van der Waals surface area contributed by atoms with Crippen LogP contribution < -0.4 is 0 Å². The summed E-state index contributed by atoms with van der Waals surface area (Å²) in [5.41, 5.74) is 0. The van der Waals surface area contributed by atoms with Crippen LogP contribution in [0.2, 0.25) is 0 Å². The number of hydrogen-bond donors (Lipinski definition) is 0. The van der Waals surface area contributed by atoms with E-state index in [1.54, 1.807) is 0 Å². The molecule has 66 valence electrons. The minimum absolute atomic E-state index is 0.748. The van der Waals surface area contributed by atoms with Crippen LogP contribution in [0.3, 0.4) is 0 Å². The SMILES string of the molecule is CCN1CC(C)C(C)N(C)C1. The summed E-state index contributed by atoms with van der Waals surface area (Å²) in [6.07, 6.45) is 0. The smallest absolute Gasteiger partial charge is 0.0506 e. The molecule has 2 nitrogen and oxygen atoms in total. The molecule has 2 atom stereocenters. The normalized spacial score (nSPS) is 36.0. The van der Waals surface area contributed by atoms with Gasteiger partial charge in [-0.15, -0.1) is 0 Å². The molecule has 0 radical (unpaired) electrons. The summed E-state index contributed by atoms with van der Waals surface area (Å²) < 4.78 is 0. The van der Waals surface area contributed by atoms with Gasteiger partial charge in [-0.2, -0.15) is 0 Å². The van der Waals surface area contributed by atoms with Gasteiger partial charge in [-0.1, -0.05) is 13.8 Å². The Morgan fingerprint density at radius 1 is 1.36 bits per heavy atom. The molecule has 1 rings (SSSR count). The van der Waals surface area contributed by atoms with E-state index in [1.165, 1.54) is 13.1 Å². The van der Waals surface area contributed by atoms with Gasteiger partial charge < -0.3 is 0 Å². The molecule has 2 unspecified atom stereocenters. The maximum atomic E-state index is 2.49. The minimum atomic E-state index is 0.748. The van der Waals surface area contributed by atoms with Crippen molar-refractivity contribution >= 4 is 0 Å². The van der Waals surface area contributed by atoms with Gasteiger partial charge in [0.05, 0.1) is 6.67 Å². The van der Waals surface area contributed by atoms with Gasteiger partial charge in [-0.3, -0.25) is 9.80 Å². The highest BCUT2D eigenvalue weighted by Gasteiger charge is 2.25. The van der Waals surface area contributed by atoms with E-state index in [0.717, 1.165) is 18.6 Å². The second-order valence-corrected chi connectivity index (χ2v) is 3.79. The number of hydrogen-bond acceptors (Lipinski definition) is 2. The molecule has 1 saturated heterocycles. The summed E-state index contributed by atoms with van der Waals surface area (Å²) in [5, 5.41) is 0. The molecule has 2 heteroatoms. The molecule has 11 heavy (non-hydrogen) atoms. The van der Waals surface area contributed by atoms with E-state index in [-0.39, 0.29) is 0 Å². The summed E-state index contributed by atoms with van der Waals surface area (Å²) in [5.74, 6) is 0.814. The summed E-state index contributed by atoms with van der Waals surface area (Å²) in [7, 11) is 2.21. The van der Waals surface area contributed by atoms with Gasteiger partial charge in [-0.25, -0.2) is 0 Å². The molecule has 1 heterocycles. The predicted octanol–water partition coefficient (Wildman–Crippen LogP) is 1.24. The molecule has 0 aromatic carbocycles. The van der Waals surface area contributed by atoms with Crippen molar-refractivity contribution in [2.24, 2.45) is 5.92 Å². The third kappa shape index (κ3) is 1.94. The lowest BCUT2D eigenvalue weighted by Gasteiger charge is -2.41. The van der Waals surface area contributed by atoms with Crippen molar-refractivity contribution < 1.29 is 0 Å². The van der Waals surface area contributed by atoms with Gasteiger partial charge in [0, 0.05) is 12.6 Å². The zero-order valence-electron chi connectivity index (χ0n) is 8.17. The van der Waals surface area contributed by atoms with E-state index in [1.807, 2.05) is 0 Å². The first-order valence-corrected chi connectivity index (χ1v) is 4.57. The fraction of sp³-hybridized carbons (Fsp3) is 1.00. The lowest BCUT2D eigenvalue weighted by Crippen LogP contribution is -2.51. The Labute approximate surface area is 70.2 Å². The molecule has 0 aliphatic carbocycles. The van der Waals surface area contributed by atoms with Crippen molar-refractivity contribution in [1.29, 1.82) is 0 Å². The quantitative estimate of drug-likeness (QED) is 0.563. The second-order valence-electron chi connectivity index (χ2n) is 3.79. The fourth-order valence-corrected chi connectivity index (χ4v) is 1.73. The van der Waals surface area contributed by atoms with Crippen molar-refractivity contribution in [2.45, 2.75) is 26.8 Å². The van der Waals surface area contributed by atoms with Crippen molar-refractivity contribution in [3.63, 3.8) is 0 Å². The second kappa shape index (κ2) is 3.55.